The molecule has 2 nitrogen and oxygen atoms in total. The molecule has 2 aromatic carbocycles. The van der Waals surface area contributed by atoms with Crippen LogP contribution in [-0.2, 0) is 6.61 Å². The van der Waals surface area contributed by atoms with Crippen LogP contribution in [0.1, 0.15) is 43.7 Å². The third kappa shape index (κ3) is 3.10. The van der Waals surface area contributed by atoms with Gasteiger partial charge in [-0.1, -0.05) is 38.3 Å². The van der Waals surface area contributed by atoms with Gasteiger partial charge in [-0.3, -0.25) is 0 Å². The summed E-state index contributed by atoms with van der Waals surface area (Å²) in [5.74, 6) is -0.442. The van der Waals surface area contributed by atoms with Crippen molar-refractivity contribution in [3.8, 4) is 22.6 Å². The van der Waals surface area contributed by atoms with Gasteiger partial charge in [-0.05, 0) is 36.6 Å². The highest BCUT2D eigenvalue weighted by atomic mass is 19.1. The minimum atomic E-state index is -0.505. The summed E-state index contributed by atoms with van der Waals surface area (Å²) in [7, 11) is 0. The van der Waals surface area contributed by atoms with Gasteiger partial charge in [-0.25, -0.2) is 4.39 Å². The first-order chi connectivity index (χ1) is 11.6. The van der Waals surface area contributed by atoms with E-state index in [0.717, 1.165) is 25.7 Å². The summed E-state index contributed by atoms with van der Waals surface area (Å²) in [5.41, 5.74) is 2.31. The van der Waals surface area contributed by atoms with E-state index in [-0.39, 0.29) is 23.9 Å². The van der Waals surface area contributed by atoms with E-state index in [4.69, 9.17) is 9.47 Å². The highest BCUT2D eigenvalue weighted by Gasteiger charge is 2.25. The maximum absolute atomic E-state index is 14.7. The lowest BCUT2D eigenvalue weighted by atomic mass is 9.94. The van der Waals surface area contributed by atoms with Crippen molar-refractivity contribution in [1.82, 2.24) is 0 Å². The highest BCUT2D eigenvalue weighted by Crippen LogP contribution is 2.43. The summed E-state index contributed by atoms with van der Waals surface area (Å²) in [6.45, 7) is 4.37. The molecule has 0 radical (unpaired) electrons. The number of halogens is 2. The van der Waals surface area contributed by atoms with Gasteiger partial charge in [0, 0.05) is 11.1 Å². The van der Waals surface area contributed by atoms with E-state index >= 15 is 0 Å². The van der Waals surface area contributed by atoms with Crippen LogP contribution in [0.5, 0.6) is 11.5 Å². The molecule has 0 saturated heterocycles. The van der Waals surface area contributed by atoms with Gasteiger partial charge in [0.1, 0.15) is 12.4 Å². The predicted molar refractivity (Wildman–Crippen MR) is 90.5 cm³/mol. The van der Waals surface area contributed by atoms with Gasteiger partial charge in [-0.15, -0.1) is 0 Å². The SMILES string of the molecule is CCCCCCOc1ccc2c(c1F)OCc1c-2ccc(C)c1F. The van der Waals surface area contributed by atoms with Crippen LogP contribution >= 0.6 is 0 Å². The first kappa shape index (κ1) is 16.7. The zero-order valence-electron chi connectivity index (χ0n) is 14.1. The Labute approximate surface area is 141 Å². The van der Waals surface area contributed by atoms with Gasteiger partial charge in [-0.2, -0.15) is 4.39 Å². The zero-order chi connectivity index (χ0) is 17.1. The molecular weight excluding hydrogens is 310 g/mol. The van der Waals surface area contributed by atoms with E-state index in [1.165, 1.54) is 0 Å². The van der Waals surface area contributed by atoms with Crippen molar-refractivity contribution in [2.75, 3.05) is 6.61 Å². The molecule has 3 rings (SSSR count). The minimum absolute atomic E-state index is 0.0344. The minimum Gasteiger partial charge on any atom is -0.490 e. The van der Waals surface area contributed by atoms with Gasteiger partial charge in [0.05, 0.1) is 6.61 Å². The summed E-state index contributed by atoms with van der Waals surface area (Å²) in [6.07, 6.45) is 4.28. The second-order valence-electron chi connectivity index (χ2n) is 6.17. The molecule has 0 saturated carbocycles. The van der Waals surface area contributed by atoms with Crippen molar-refractivity contribution < 1.29 is 18.3 Å². The molecule has 0 aromatic heterocycles. The summed E-state index contributed by atoms with van der Waals surface area (Å²) in [5, 5.41) is 0. The molecule has 0 bridgehead atoms. The van der Waals surface area contributed by atoms with Crippen LogP contribution < -0.4 is 9.47 Å². The molecule has 24 heavy (non-hydrogen) atoms. The van der Waals surface area contributed by atoms with Crippen LogP contribution in [0.15, 0.2) is 24.3 Å². The van der Waals surface area contributed by atoms with Gasteiger partial charge in [0.2, 0.25) is 5.82 Å². The third-order valence-electron chi connectivity index (χ3n) is 4.40. The molecule has 0 atom stereocenters. The van der Waals surface area contributed by atoms with E-state index in [0.29, 0.717) is 28.9 Å². The van der Waals surface area contributed by atoms with Gasteiger partial charge in [0.15, 0.2) is 11.5 Å². The Bertz CT molecular complexity index is 741. The Kier molecular flexibility index (Phi) is 5.03. The third-order valence-corrected chi connectivity index (χ3v) is 4.40. The number of ether oxygens (including phenoxy) is 2. The Morgan fingerprint density at radius 2 is 1.79 bits per heavy atom. The molecular formula is C20H22F2O2. The van der Waals surface area contributed by atoms with Gasteiger partial charge >= 0.3 is 0 Å². The number of fused-ring (bicyclic) bond motifs is 3. The Balaban J connectivity index is 1.84. The van der Waals surface area contributed by atoms with Crippen LogP contribution in [-0.4, -0.2) is 6.61 Å². The Hall–Kier alpha value is -2.10. The molecule has 2 aromatic rings. The number of hydrogen-bond donors (Lipinski definition) is 0. The van der Waals surface area contributed by atoms with E-state index in [1.807, 2.05) is 6.07 Å². The highest BCUT2D eigenvalue weighted by molar-refractivity contribution is 5.76. The number of unbranched alkanes of at least 4 members (excludes halogenated alkanes) is 3. The van der Waals surface area contributed by atoms with Crippen molar-refractivity contribution in [2.45, 2.75) is 46.1 Å². The quantitative estimate of drug-likeness (QED) is 0.623. The number of aryl methyl sites for hydroxylation is 1. The lowest BCUT2D eigenvalue weighted by Crippen LogP contribution is -2.11. The Morgan fingerprint density at radius 1 is 1.00 bits per heavy atom. The van der Waals surface area contributed by atoms with Crippen molar-refractivity contribution in [1.29, 1.82) is 0 Å². The van der Waals surface area contributed by atoms with Crippen molar-refractivity contribution in [2.24, 2.45) is 0 Å². The second-order valence-corrected chi connectivity index (χ2v) is 6.17. The molecule has 0 amide bonds. The molecule has 0 fully saturated rings. The topological polar surface area (TPSA) is 18.5 Å². The summed E-state index contributed by atoms with van der Waals surface area (Å²) < 4.78 is 39.9. The fourth-order valence-corrected chi connectivity index (χ4v) is 2.99. The van der Waals surface area contributed by atoms with E-state index in [1.54, 1.807) is 25.1 Å². The Morgan fingerprint density at radius 3 is 2.58 bits per heavy atom. The molecule has 0 N–H and O–H groups in total. The lowest BCUT2D eigenvalue weighted by Gasteiger charge is -2.23. The normalized spacial score (nSPS) is 12.3. The lowest BCUT2D eigenvalue weighted by molar-refractivity contribution is 0.259. The van der Waals surface area contributed by atoms with E-state index < -0.39 is 5.82 Å². The molecule has 0 aliphatic carbocycles. The summed E-state index contributed by atoms with van der Waals surface area (Å²) >= 11 is 0. The molecule has 0 spiro atoms. The van der Waals surface area contributed by atoms with Crippen LogP contribution in [0.2, 0.25) is 0 Å². The van der Waals surface area contributed by atoms with Crippen LogP contribution in [0.4, 0.5) is 8.78 Å². The summed E-state index contributed by atoms with van der Waals surface area (Å²) in [4.78, 5) is 0. The van der Waals surface area contributed by atoms with Crippen molar-refractivity contribution >= 4 is 0 Å². The average Bonchev–Trinajstić information content (AvgIpc) is 2.59. The molecule has 1 aliphatic rings. The van der Waals surface area contributed by atoms with Crippen molar-refractivity contribution in [3.63, 3.8) is 0 Å². The number of hydrogen-bond acceptors (Lipinski definition) is 2. The number of rotatable bonds is 6. The number of benzene rings is 2. The standard InChI is InChI=1S/C20H22F2O2/c1-3-4-5-6-11-23-17-10-9-15-14-8-7-13(2)18(21)16(14)12-24-20(15)19(17)22/h7-10H,3-6,11-12H2,1-2H3. The first-order valence-electron chi connectivity index (χ1n) is 8.50. The molecule has 1 aliphatic heterocycles. The van der Waals surface area contributed by atoms with Gasteiger partial charge < -0.3 is 9.47 Å². The maximum atomic E-state index is 14.7. The maximum Gasteiger partial charge on any atom is 0.207 e. The van der Waals surface area contributed by atoms with Crippen LogP contribution in [0.3, 0.4) is 0 Å². The fourth-order valence-electron chi connectivity index (χ4n) is 2.99. The smallest absolute Gasteiger partial charge is 0.207 e. The summed E-state index contributed by atoms with van der Waals surface area (Å²) in [6, 6.07) is 6.87. The monoisotopic (exact) mass is 332 g/mol. The molecule has 0 unspecified atom stereocenters. The van der Waals surface area contributed by atoms with Crippen molar-refractivity contribution in [3.05, 3.63) is 47.0 Å². The molecule has 4 heteroatoms. The van der Waals surface area contributed by atoms with E-state index in [2.05, 4.69) is 6.92 Å². The van der Waals surface area contributed by atoms with Gasteiger partial charge in [0.25, 0.3) is 0 Å². The largest absolute Gasteiger partial charge is 0.490 e. The fraction of sp³-hybridized carbons (Fsp3) is 0.400. The zero-order valence-corrected chi connectivity index (χ0v) is 14.1. The van der Waals surface area contributed by atoms with E-state index in [9.17, 15) is 8.78 Å². The molecule has 128 valence electrons. The molecule has 1 heterocycles. The second kappa shape index (κ2) is 7.20. The first-order valence-corrected chi connectivity index (χ1v) is 8.50. The predicted octanol–water partition coefficient (Wildman–Crippen LogP) is 5.79. The van der Waals surface area contributed by atoms with Crippen LogP contribution in [0.25, 0.3) is 11.1 Å². The average molecular weight is 332 g/mol. The van der Waals surface area contributed by atoms with Crippen LogP contribution in [0, 0.1) is 18.6 Å².